The van der Waals surface area contributed by atoms with Gasteiger partial charge in [-0.15, -0.1) is 0 Å². The van der Waals surface area contributed by atoms with Crippen LogP contribution in [0.2, 0.25) is 0 Å². The summed E-state index contributed by atoms with van der Waals surface area (Å²) < 4.78 is 0. The summed E-state index contributed by atoms with van der Waals surface area (Å²) in [6.45, 7) is 14.6. The van der Waals surface area contributed by atoms with Crippen LogP contribution < -0.4 is 5.32 Å². The Balaban J connectivity index is 1.74. The van der Waals surface area contributed by atoms with E-state index in [-0.39, 0.29) is 0 Å². The first-order valence-electron chi connectivity index (χ1n) is 7.89. The van der Waals surface area contributed by atoms with Crippen molar-refractivity contribution in [3.63, 3.8) is 0 Å². The van der Waals surface area contributed by atoms with E-state index in [4.69, 9.17) is 0 Å². The Morgan fingerprint density at radius 2 is 2.17 bits per heavy atom. The van der Waals surface area contributed by atoms with Crippen LogP contribution in [-0.2, 0) is 0 Å². The largest absolute Gasteiger partial charge is 0.316 e. The van der Waals surface area contributed by atoms with E-state index in [2.05, 4.69) is 35.9 Å². The van der Waals surface area contributed by atoms with Gasteiger partial charge in [0.05, 0.1) is 0 Å². The lowest BCUT2D eigenvalue weighted by atomic mass is 10.0. The van der Waals surface area contributed by atoms with E-state index >= 15 is 0 Å². The van der Waals surface area contributed by atoms with Crippen molar-refractivity contribution in [1.29, 1.82) is 0 Å². The molecule has 3 unspecified atom stereocenters. The third kappa shape index (κ3) is 3.69. The Morgan fingerprint density at radius 1 is 1.33 bits per heavy atom. The third-order valence-electron chi connectivity index (χ3n) is 4.53. The van der Waals surface area contributed by atoms with Crippen LogP contribution in [0.1, 0.15) is 40.0 Å². The molecular weight excluding hydrogens is 222 g/mol. The normalized spacial score (nSPS) is 31.5. The van der Waals surface area contributed by atoms with Crippen LogP contribution in [0, 0.1) is 5.92 Å². The van der Waals surface area contributed by atoms with Gasteiger partial charge in [0, 0.05) is 31.7 Å². The van der Waals surface area contributed by atoms with E-state index in [0.29, 0.717) is 0 Å². The molecule has 2 fully saturated rings. The van der Waals surface area contributed by atoms with Crippen molar-refractivity contribution in [3.8, 4) is 0 Å². The molecule has 0 saturated carbocycles. The highest BCUT2D eigenvalue weighted by molar-refractivity contribution is 4.91. The van der Waals surface area contributed by atoms with E-state index in [1.165, 1.54) is 52.0 Å². The number of nitrogens with one attached hydrogen (secondary N) is 1. The Morgan fingerprint density at radius 3 is 2.94 bits per heavy atom. The van der Waals surface area contributed by atoms with Crippen LogP contribution >= 0.6 is 0 Å². The summed E-state index contributed by atoms with van der Waals surface area (Å²) in [5.41, 5.74) is 0. The standard InChI is InChI=1S/C15H31N3/c1-4-7-16-9-13(2)10-18-12-15-6-5-8-17(15)11-14(18)3/h13-16H,4-12H2,1-3H3. The molecule has 2 saturated heterocycles. The maximum Gasteiger partial charge on any atom is 0.0224 e. The summed E-state index contributed by atoms with van der Waals surface area (Å²) >= 11 is 0. The Hall–Kier alpha value is -0.120. The van der Waals surface area contributed by atoms with Gasteiger partial charge < -0.3 is 5.32 Å². The first-order valence-corrected chi connectivity index (χ1v) is 7.89. The van der Waals surface area contributed by atoms with Crippen molar-refractivity contribution in [3.05, 3.63) is 0 Å². The summed E-state index contributed by atoms with van der Waals surface area (Å²) in [6.07, 6.45) is 4.08. The van der Waals surface area contributed by atoms with Crippen molar-refractivity contribution in [1.82, 2.24) is 15.1 Å². The Bertz CT molecular complexity index is 244. The molecule has 0 aromatic rings. The van der Waals surface area contributed by atoms with Gasteiger partial charge in [0.15, 0.2) is 0 Å². The molecular formula is C15H31N3. The van der Waals surface area contributed by atoms with Gasteiger partial charge in [-0.1, -0.05) is 13.8 Å². The zero-order valence-corrected chi connectivity index (χ0v) is 12.5. The lowest BCUT2D eigenvalue weighted by Gasteiger charge is -2.43. The minimum absolute atomic E-state index is 0.743. The topological polar surface area (TPSA) is 18.5 Å². The molecule has 0 spiro atoms. The first-order chi connectivity index (χ1) is 8.70. The summed E-state index contributed by atoms with van der Waals surface area (Å²) in [6, 6.07) is 1.60. The molecule has 106 valence electrons. The van der Waals surface area contributed by atoms with Crippen molar-refractivity contribution in [2.24, 2.45) is 5.92 Å². The zero-order valence-electron chi connectivity index (χ0n) is 12.5. The van der Waals surface area contributed by atoms with Crippen LogP contribution in [0.3, 0.4) is 0 Å². The zero-order chi connectivity index (χ0) is 13.0. The molecule has 0 aromatic carbocycles. The van der Waals surface area contributed by atoms with Crippen LogP contribution in [0.4, 0.5) is 0 Å². The number of rotatable bonds is 6. The number of hydrogen-bond donors (Lipinski definition) is 1. The predicted octanol–water partition coefficient (Wildman–Crippen LogP) is 1.79. The van der Waals surface area contributed by atoms with Gasteiger partial charge in [-0.2, -0.15) is 0 Å². The summed E-state index contributed by atoms with van der Waals surface area (Å²) in [5.74, 6) is 0.770. The highest BCUT2D eigenvalue weighted by atomic mass is 15.3. The maximum absolute atomic E-state index is 3.55. The van der Waals surface area contributed by atoms with Gasteiger partial charge in [-0.3, -0.25) is 9.80 Å². The first kappa shape index (κ1) is 14.3. The van der Waals surface area contributed by atoms with E-state index < -0.39 is 0 Å². The second-order valence-electron chi connectivity index (χ2n) is 6.40. The van der Waals surface area contributed by atoms with Crippen molar-refractivity contribution in [2.45, 2.75) is 52.1 Å². The van der Waals surface area contributed by atoms with Gasteiger partial charge in [0.2, 0.25) is 0 Å². The van der Waals surface area contributed by atoms with Crippen LogP contribution in [-0.4, -0.2) is 61.2 Å². The van der Waals surface area contributed by atoms with E-state index in [1.54, 1.807) is 0 Å². The number of piperazine rings is 1. The summed E-state index contributed by atoms with van der Waals surface area (Å²) in [5, 5.41) is 3.55. The van der Waals surface area contributed by atoms with Crippen LogP contribution in [0.15, 0.2) is 0 Å². The average molecular weight is 253 g/mol. The molecule has 2 heterocycles. The molecule has 3 atom stereocenters. The van der Waals surface area contributed by atoms with Crippen molar-refractivity contribution < 1.29 is 0 Å². The monoisotopic (exact) mass is 253 g/mol. The highest BCUT2D eigenvalue weighted by Gasteiger charge is 2.34. The van der Waals surface area contributed by atoms with Crippen molar-refractivity contribution >= 4 is 0 Å². The van der Waals surface area contributed by atoms with Gasteiger partial charge >= 0.3 is 0 Å². The minimum atomic E-state index is 0.743. The molecule has 3 nitrogen and oxygen atoms in total. The predicted molar refractivity (Wildman–Crippen MR) is 78.0 cm³/mol. The quantitative estimate of drug-likeness (QED) is 0.728. The molecule has 0 aliphatic carbocycles. The smallest absolute Gasteiger partial charge is 0.0224 e. The summed E-state index contributed by atoms with van der Waals surface area (Å²) in [4.78, 5) is 5.44. The molecule has 1 N–H and O–H groups in total. The van der Waals surface area contributed by atoms with Crippen LogP contribution in [0.25, 0.3) is 0 Å². The fourth-order valence-corrected chi connectivity index (χ4v) is 3.49. The SMILES string of the molecule is CCCNCC(C)CN1CC2CCCN2CC1C. The molecule has 0 bridgehead atoms. The third-order valence-corrected chi connectivity index (χ3v) is 4.53. The fraction of sp³-hybridized carbons (Fsp3) is 1.00. The Kier molecular flexibility index (Phi) is 5.46. The Labute approximate surface area is 113 Å². The summed E-state index contributed by atoms with van der Waals surface area (Å²) in [7, 11) is 0. The van der Waals surface area contributed by atoms with Gasteiger partial charge in [-0.25, -0.2) is 0 Å². The molecule has 0 radical (unpaired) electrons. The van der Waals surface area contributed by atoms with Gasteiger partial charge in [-0.05, 0) is 51.7 Å². The van der Waals surface area contributed by atoms with E-state index in [9.17, 15) is 0 Å². The number of hydrogen-bond acceptors (Lipinski definition) is 3. The molecule has 2 aliphatic rings. The molecule has 0 aromatic heterocycles. The maximum atomic E-state index is 3.55. The average Bonchev–Trinajstić information content (AvgIpc) is 2.77. The highest BCUT2D eigenvalue weighted by Crippen LogP contribution is 2.24. The van der Waals surface area contributed by atoms with Gasteiger partial charge in [0.1, 0.15) is 0 Å². The lowest BCUT2D eigenvalue weighted by Crippen LogP contribution is -2.56. The fourth-order valence-electron chi connectivity index (χ4n) is 3.49. The van der Waals surface area contributed by atoms with Crippen molar-refractivity contribution in [2.75, 3.05) is 39.3 Å². The van der Waals surface area contributed by atoms with Gasteiger partial charge in [0.25, 0.3) is 0 Å². The van der Waals surface area contributed by atoms with Crippen LogP contribution in [0.5, 0.6) is 0 Å². The number of nitrogens with zero attached hydrogens (tertiary/aromatic N) is 2. The second-order valence-corrected chi connectivity index (χ2v) is 6.40. The van der Waals surface area contributed by atoms with E-state index in [0.717, 1.165) is 24.5 Å². The number of fused-ring (bicyclic) bond motifs is 1. The molecule has 3 heteroatoms. The molecule has 2 rings (SSSR count). The second kappa shape index (κ2) is 6.88. The van der Waals surface area contributed by atoms with E-state index in [1.807, 2.05) is 0 Å². The molecule has 18 heavy (non-hydrogen) atoms. The molecule has 0 amide bonds. The molecule has 2 aliphatic heterocycles. The lowest BCUT2D eigenvalue weighted by molar-refractivity contribution is 0.0498. The minimum Gasteiger partial charge on any atom is -0.316 e.